The van der Waals surface area contributed by atoms with E-state index < -0.39 is 21.7 Å². The molecule has 0 radical (unpaired) electrons. The number of sulfonamides is 1. The van der Waals surface area contributed by atoms with Crippen molar-refractivity contribution in [2.75, 3.05) is 6.54 Å². The van der Waals surface area contributed by atoms with Crippen LogP contribution in [0.3, 0.4) is 0 Å². The number of halogens is 2. The first-order valence-electron chi connectivity index (χ1n) is 6.85. The van der Waals surface area contributed by atoms with Gasteiger partial charge in [-0.15, -0.1) is 0 Å². The number of nitrogens with one attached hydrogen (secondary N) is 1. The highest BCUT2D eigenvalue weighted by atomic mass is 32.2. The predicted octanol–water partition coefficient (Wildman–Crippen LogP) is 3.46. The average molecular weight is 305 g/mol. The van der Waals surface area contributed by atoms with Gasteiger partial charge in [-0.2, -0.15) is 0 Å². The third-order valence-corrected chi connectivity index (χ3v) is 4.73. The lowest BCUT2D eigenvalue weighted by atomic mass is 10.00. The van der Waals surface area contributed by atoms with Gasteiger partial charge < -0.3 is 0 Å². The molecule has 1 N–H and O–H groups in total. The molecule has 20 heavy (non-hydrogen) atoms. The summed E-state index contributed by atoms with van der Waals surface area (Å²) in [6.07, 6.45) is 3.94. The van der Waals surface area contributed by atoms with Crippen LogP contribution in [0.25, 0.3) is 0 Å². The molecule has 0 aromatic heterocycles. The van der Waals surface area contributed by atoms with Crippen LogP contribution >= 0.6 is 0 Å². The Morgan fingerprint density at radius 1 is 1.20 bits per heavy atom. The van der Waals surface area contributed by atoms with Crippen molar-refractivity contribution in [3.63, 3.8) is 0 Å². The summed E-state index contributed by atoms with van der Waals surface area (Å²) in [4.78, 5) is -0.248. The molecule has 1 atom stereocenters. The quantitative estimate of drug-likeness (QED) is 0.799. The monoisotopic (exact) mass is 305 g/mol. The molecule has 0 amide bonds. The van der Waals surface area contributed by atoms with Crippen LogP contribution in [-0.4, -0.2) is 15.0 Å². The van der Waals surface area contributed by atoms with E-state index in [9.17, 15) is 17.2 Å². The third-order valence-electron chi connectivity index (χ3n) is 3.31. The Kier molecular flexibility index (Phi) is 6.55. The number of unbranched alkanes of at least 4 members (excludes halogenated alkanes) is 1. The van der Waals surface area contributed by atoms with Crippen LogP contribution in [0.2, 0.25) is 0 Å². The molecular formula is C14H21F2NO2S. The number of hydrogen-bond donors (Lipinski definition) is 1. The Morgan fingerprint density at radius 3 is 2.45 bits per heavy atom. The molecule has 0 fully saturated rings. The van der Waals surface area contributed by atoms with E-state index in [1.165, 1.54) is 0 Å². The molecule has 114 valence electrons. The Labute approximate surface area is 119 Å². The Balaban J connectivity index is 2.71. The third kappa shape index (κ3) is 4.83. The lowest BCUT2D eigenvalue weighted by Crippen LogP contribution is -2.29. The van der Waals surface area contributed by atoms with E-state index in [0.29, 0.717) is 12.6 Å². The topological polar surface area (TPSA) is 46.2 Å². The van der Waals surface area contributed by atoms with E-state index in [2.05, 4.69) is 11.6 Å². The van der Waals surface area contributed by atoms with Crippen molar-refractivity contribution in [3.05, 3.63) is 29.8 Å². The standard InChI is InChI=1S/C14H21F2NO2S/c1-3-5-6-11(4-2)10-17-20(18,19)12-7-8-13(15)14(16)9-12/h7-9,11,17H,3-6,10H2,1-2H3. The van der Waals surface area contributed by atoms with Crippen LogP contribution in [0, 0.1) is 17.6 Å². The highest BCUT2D eigenvalue weighted by Gasteiger charge is 2.18. The van der Waals surface area contributed by atoms with Crippen molar-refractivity contribution in [3.8, 4) is 0 Å². The summed E-state index contributed by atoms with van der Waals surface area (Å²) in [5.41, 5.74) is 0. The summed E-state index contributed by atoms with van der Waals surface area (Å²) in [5, 5.41) is 0. The van der Waals surface area contributed by atoms with Gasteiger partial charge in [0.1, 0.15) is 0 Å². The molecule has 1 rings (SSSR count). The molecule has 3 nitrogen and oxygen atoms in total. The first kappa shape index (κ1) is 17.0. The summed E-state index contributed by atoms with van der Waals surface area (Å²) in [5.74, 6) is -1.96. The molecule has 1 unspecified atom stereocenters. The Bertz CT molecular complexity index is 532. The molecule has 0 aliphatic carbocycles. The maximum absolute atomic E-state index is 13.1. The Hall–Kier alpha value is -1.01. The van der Waals surface area contributed by atoms with Crippen molar-refractivity contribution in [1.82, 2.24) is 4.72 Å². The largest absolute Gasteiger partial charge is 0.240 e. The average Bonchev–Trinajstić information content (AvgIpc) is 2.42. The fourth-order valence-corrected chi connectivity index (χ4v) is 3.03. The molecular weight excluding hydrogens is 284 g/mol. The van der Waals surface area contributed by atoms with E-state index in [1.807, 2.05) is 6.92 Å². The normalized spacial score (nSPS) is 13.4. The lowest BCUT2D eigenvalue weighted by molar-refractivity contribution is 0.443. The van der Waals surface area contributed by atoms with Crippen molar-refractivity contribution < 1.29 is 17.2 Å². The van der Waals surface area contributed by atoms with Crippen LogP contribution in [-0.2, 0) is 10.0 Å². The van der Waals surface area contributed by atoms with Gasteiger partial charge in [-0.05, 0) is 30.5 Å². The van der Waals surface area contributed by atoms with Crippen molar-refractivity contribution in [2.24, 2.45) is 5.92 Å². The summed E-state index contributed by atoms with van der Waals surface area (Å²) >= 11 is 0. The summed E-state index contributed by atoms with van der Waals surface area (Å²) in [7, 11) is -3.79. The molecule has 0 aliphatic heterocycles. The highest BCUT2D eigenvalue weighted by Crippen LogP contribution is 2.16. The second-order valence-electron chi connectivity index (χ2n) is 4.84. The summed E-state index contributed by atoms with van der Waals surface area (Å²) < 4.78 is 52.3. The molecule has 0 spiro atoms. The second kappa shape index (κ2) is 7.69. The van der Waals surface area contributed by atoms with Crippen molar-refractivity contribution >= 4 is 10.0 Å². The number of rotatable bonds is 8. The minimum atomic E-state index is -3.79. The zero-order valence-corrected chi connectivity index (χ0v) is 12.6. The van der Waals surface area contributed by atoms with Gasteiger partial charge in [-0.25, -0.2) is 21.9 Å². The minimum absolute atomic E-state index is 0.248. The first-order valence-corrected chi connectivity index (χ1v) is 8.33. The maximum Gasteiger partial charge on any atom is 0.240 e. The molecule has 0 saturated heterocycles. The van der Waals surface area contributed by atoms with Crippen LogP contribution in [0.5, 0.6) is 0 Å². The smallest absolute Gasteiger partial charge is 0.211 e. The predicted molar refractivity (Wildman–Crippen MR) is 74.9 cm³/mol. The first-order chi connectivity index (χ1) is 9.40. The van der Waals surface area contributed by atoms with Gasteiger partial charge in [0.15, 0.2) is 11.6 Å². The van der Waals surface area contributed by atoms with E-state index in [0.717, 1.165) is 37.8 Å². The SMILES string of the molecule is CCCCC(CC)CNS(=O)(=O)c1ccc(F)c(F)c1. The lowest BCUT2D eigenvalue weighted by Gasteiger charge is -2.15. The van der Waals surface area contributed by atoms with Crippen LogP contribution in [0.15, 0.2) is 23.1 Å². The molecule has 0 bridgehead atoms. The van der Waals surface area contributed by atoms with E-state index >= 15 is 0 Å². The zero-order valence-electron chi connectivity index (χ0n) is 11.8. The highest BCUT2D eigenvalue weighted by molar-refractivity contribution is 7.89. The van der Waals surface area contributed by atoms with Crippen LogP contribution < -0.4 is 4.72 Å². The molecule has 1 aromatic carbocycles. The van der Waals surface area contributed by atoms with Gasteiger partial charge >= 0.3 is 0 Å². The van der Waals surface area contributed by atoms with E-state index in [-0.39, 0.29) is 10.8 Å². The summed E-state index contributed by atoms with van der Waals surface area (Å²) in [6.45, 7) is 4.40. The Morgan fingerprint density at radius 2 is 1.90 bits per heavy atom. The van der Waals surface area contributed by atoms with Crippen molar-refractivity contribution in [2.45, 2.75) is 44.4 Å². The summed E-state index contributed by atoms with van der Waals surface area (Å²) in [6, 6.07) is 2.58. The van der Waals surface area contributed by atoms with Gasteiger partial charge in [0, 0.05) is 6.54 Å². The maximum atomic E-state index is 13.1. The molecule has 0 heterocycles. The molecule has 0 saturated carbocycles. The number of hydrogen-bond acceptors (Lipinski definition) is 2. The fourth-order valence-electron chi connectivity index (χ4n) is 1.90. The van der Waals surface area contributed by atoms with Crippen molar-refractivity contribution in [1.29, 1.82) is 0 Å². The number of benzene rings is 1. The van der Waals surface area contributed by atoms with Crippen LogP contribution in [0.4, 0.5) is 8.78 Å². The van der Waals surface area contributed by atoms with E-state index in [1.54, 1.807) is 0 Å². The molecule has 1 aromatic rings. The van der Waals surface area contributed by atoms with Crippen LogP contribution in [0.1, 0.15) is 39.5 Å². The zero-order chi connectivity index (χ0) is 15.2. The van der Waals surface area contributed by atoms with Gasteiger partial charge in [0.2, 0.25) is 10.0 Å². The minimum Gasteiger partial charge on any atom is -0.211 e. The van der Waals surface area contributed by atoms with Gasteiger partial charge in [0.25, 0.3) is 0 Å². The second-order valence-corrected chi connectivity index (χ2v) is 6.61. The van der Waals surface area contributed by atoms with Gasteiger partial charge in [-0.1, -0.05) is 33.1 Å². The molecule has 0 aliphatic rings. The van der Waals surface area contributed by atoms with E-state index in [4.69, 9.17) is 0 Å². The fraction of sp³-hybridized carbons (Fsp3) is 0.571. The van der Waals surface area contributed by atoms with Gasteiger partial charge in [0.05, 0.1) is 4.90 Å². The molecule has 6 heteroatoms. The van der Waals surface area contributed by atoms with Gasteiger partial charge in [-0.3, -0.25) is 0 Å².